The summed E-state index contributed by atoms with van der Waals surface area (Å²) in [6.07, 6.45) is 0. The molecule has 0 fully saturated rings. The molecule has 1 N–H and O–H groups in total. The summed E-state index contributed by atoms with van der Waals surface area (Å²) < 4.78 is 5.55. The fraction of sp³-hybridized carbons (Fsp3) is 0.250. The molecule has 0 spiro atoms. The van der Waals surface area contributed by atoms with Crippen molar-refractivity contribution in [3.05, 3.63) is 102 Å². The summed E-state index contributed by atoms with van der Waals surface area (Å²) in [5, 5.41) is 3.28. The van der Waals surface area contributed by atoms with Gasteiger partial charge < -0.3 is 10.1 Å². The number of likely N-dealkylation sites (N-methyl/N-ethyl adjacent to an activating group) is 2. The Morgan fingerprint density at radius 2 is 1.37 bits per heavy atom. The molecule has 0 radical (unpaired) electrons. The van der Waals surface area contributed by atoms with Crippen LogP contribution in [0, 0.1) is 0 Å². The van der Waals surface area contributed by atoms with Gasteiger partial charge in [-0.1, -0.05) is 72.8 Å². The van der Waals surface area contributed by atoms with Crippen LogP contribution < -0.4 is 10.1 Å². The van der Waals surface area contributed by atoms with E-state index in [1.165, 1.54) is 16.7 Å². The van der Waals surface area contributed by atoms with E-state index in [9.17, 15) is 0 Å². The summed E-state index contributed by atoms with van der Waals surface area (Å²) in [6, 6.07) is 29.8. The van der Waals surface area contributed by atoms with E-state index in [-0.39, 0.29) is 0 Å². The SMILES string of the molecule is CNCCN(C)C(c1ccccc1)(c1ccccc1)c1cccc(OC)c1. The lowest BCUT2D eigenvalue weighted by molar-refractivity contribution is 0.201. The van der Waals surface area contributed by atoms with E-state index in [0.29, 0.717) is 0 Å². The van der Waals surface area contributed by atoms with Crippen LogP contribution in [-0.4, -0.2) is 39.2 Å². The Morgan fingerprint density at radius 3 is 1.89 bits per heavy atom. The van der Waals surface area contributed by atoms with Gasteiger partial charge in [0.05, 0.1) is 12.6 Å². The maximum atomic E-state index is 5.55. The Hall–Kier alpha value is -2.62. The number of methoxy groups -OCH3 is 1. The molecule has 0 amide bonds. The predicted octanol–water partition coefficient (Wildman–Crippen LogP) is 4.14. The third-order valence-corrected chi connectivity index (χ3v) is 5.14. The average molecular weight is 361 g/mol. The minimum Gasteiger partial charge on any atom is -0.497 e. The first-order valence-electron chi connectivity index (χ1n) is 9.35. The van der Waals surface area contributed by atoms with E-state index in [1.54, 1.807) is 7.11 Å². The van der Waals surface area contributed by atoms with Crippen molar-refractivity contribution in [2.45, 2.75) is 5.54 Å². The molecule has 0 saturated heterocycles. The van der Waals surface area contributed by atoms with Crippen LogP contribution in [-0.2, 0) is 5.54 Å². The first kappa shape index (κ1) is 19.2. The van der Waals surface area contributed by atoms with Crippen molar-refractivity contribution in [3.8, 4) is 5.75 Å². The standard InChI is InChI=1S/C24H28N2O/c1-25-17-18-26(2)24(20-11-6-4-7-12-20,21-13-8-5-9-14-21)22-15-10-16-23(19-22)27-3/h4-16,19,25H,17-18H2,1-3H3. The van der Waals surface area contributed by atoms with Gasteiger partial charge in [-0.05, 0) is 42.9 Å². The second kappa shape index (κ2) is 8.85. The predicted molar refractivity (Wildman–Crippen MR) is 112 cm³/mol. The zero-order chi connectivity index (χ0) is 19.1. The summed E-state index contributed by atoms with van der Waals surface area (Å²) in [5.74, 6) is 0.866. The van der Waals surface area contributed by atoms with Gasteiger partial charge in [0, 0.05) is 13.1 Å². The summed E-state index contributed by atoms with van der Waals surface area (Å²) >= 11 is 0. The number of hydrogen-bond acceptors (Lipinski definition) is 3. The highest BCUT2D eigenvalue weighted by Crippen LogP contribution is 2.42. The number of ether oxygens (including phenoxy) is 1. The largest absolute Gasteiger partial charge is 0.497 e. The molecule has 3 aromatic rings. The molecule has 140 valence electrons. The van der Waals surface area contributed by atoms with Crippen molar-refractivity contribution in [3.63, 3.8) is 0 Å². The number of nitrogens with one attached hydrogen (secondary N) is 1. The average Bonchev–Trinajstić information content (AvgIpc) is 2.74. The molecule has 0 saturated carbocycles. The lowest BCUT2D eigenvalue weighted by Crippen LogP contribution is -2.48. The van der Waals surface area contributed by atoms with E-state index in [2.05, 4.69) is 96.1 Å². The Kier molecular flexibility index (Phi) is 6.28. The number of hydrogen-bond donors (Lipinski definition) is 1. The zero-order valence-corrected chi connectivity index (χ0v) is 16.4. The summed E-state index contributed by atoms with van der Waals surface area (Å²) in [5.41, 5.74) is 3.26. The zero-order valence-electron chi connectivity index (χ0n) is 16.4. The van der Waals surface area contributed by atoms with Gasteiger partial charge in [0.2, 0.25) is 0 Å². The van der Waals surface area contributed by atoms with Crippen molar-refractivity contribution in [1.29, 1.82) is 0 Å². The van der Waals surface area contributed by atoms with E-state index in [0.717, 1.165) is 18.8 Å². The monoisotopic (exact) mass is 360 g/mol. The Labute approximate surface area is 162 Å². The normalized spacial score (nSPS) is 11.6. The van der Waals surface area contributed by atoms with E-state index < -0.39 is 5.54 Å². The van der Waals surface area contributed by atoms with Crippen molar-refractivity contribution >= 4 is 0 Å². The molecule has 3 nitrogen and oxygen atoms in total. The topological polar surface area (TPSA) is 24.5 Å². The Morgan fingerprint density at radius 1 is 0.815 bits per heavy atom. The fourth-order valence-corrected chi connectivity index (χ4v) is 3.82. The Balaban J connectivity index is 2.31. The minimum absolute atomic E-state index is 0.409. The molecule has 3 rings (SSSR count). The van der Waals surface area contributed by atoms with Crippen LogP contribution in [0.3, 0.4) is 0 Å². The van der Waals surface area contributed by atoms with Crippen molar-refractivity contribution < 1.29 is 4.74 Å². The molecule has 0 aliphatic carbocycles. The molecule has 0 bridgehead atoms. The van der Waals surface area contributed by atoms with Crippen LogP contribution in [0.25, 0.3) is 0 Å². The molecule has 0 aromatic heterocycles. The quantitative estimate of drug-likeness (QED) is 0.611. The highest BCUT2D eigenvalue weighted by Gasteiger charge is 2.40. The van der Waals surface area contributed by atoms with Crippen LogP contribution in [0.1, 0.15) is 16.7 Å². The lowest BCUT2D eigenvalue weighted by Gasteiger charge is -2.44. The molecule has 27 heavy (non-hydrogen) atoms. The molecule has 3 heteroatoms. The number of nitrogens with zero attached hydrogens (tertiary/aromatic N) is 1. The highest BCUT2D eigenvalue weighted by molar-refractivity contribution is 5.51. The molecular formula is C24H28N2O. The van der Waals surface area contributed by atoms with Crippen molar-refractivity contribution in [1.82, 2.24) is 10.2 Å². The summed E-state index contributed by atoms with van der Waals surface area (Å²) in [4.78, 5) is 2.42. The van der Waals surface area contributed by atoms with Crippen LogP contribution in [0.4, 0.5) is 0 Å². The molecular weight excluding hydrogens is 332 g/mol. The molecule has 0 unspecified atom stereocenters. The van der Waals surface area contributed by atoms with Crippen molar-refractivity contribution in [2.75, 3.05) is 34.3 Å². The van der Waals surface area contributed by atoms with Crippen LogP contribution >= 0.6 is 0 Å². The van der Waals surface area contributed by atoms with Gasteiger partial charge in [-0.15, -0.1) is 0 Å². The van der Waals surface area contributed by atoms with Gasteiger partial charge in [0.15, 0.2) is 0 Å². The van der Waals surface area contributed by atoms with E-state index in [1.807, 2.05) is 13.1 Å². The molecule has 0 aliphatic heterocycles. The maximum absolute atomic E-state index is 5.55. The molecule has 0 atom stereocenters. The fourth-order valence-electron chi connectivity index (χ4n) is 3.82. The maximum Gasteiger partial charge on any atom is 0.119 e. The smallest absolute Gasteiger partial charge is 0.119 e. The molecule has 3 aromatic carbocycles. The highest BCUT2D eigenvalue weighted by atomic mass is 16.5. The lowest BCUT2D eigenvalue weighted by atomic mass is 9.75. The number of benzene rings is 3. The van der Waals surface area contributed by atoms with E-state index >= 15 is 0 Å². The third-order valence-electron chi connectivity index (χ3n) is 5.14. The molecule has 0 aliphatic rings. The second-order valence-corrected chi connectivity index (χ2v) is 6.70. The van der Waals surface area contributed by atoms with Crippen LogP contribution in [0.2, 0.25) is 0 Å². The van der Waals surface area contributed by atoms with Gasteiger partial charge in [-0.2, -0.15) is 0 Å². The van der Waals surface area contributed by atoms with Gasteiger partial charge >= 0.3 is 0 Å². The second-order valence-electron chi connectivity index (χ2n) is 6.70. The summed E-state index contributed by atoms with van der Waals surface area (Å²) in [7, 11) is 5.90. The third kappa shape index (κ3) is 3.75. The number of rotatable bonds is 8. The first-order chi connectivity index (χ1) is 13.2. The van der Waals surface area contributed by atoms with Gasteiger partial charge in [0.1, 0.15) is 5.75 Å². The van der Waals surface area contributed by atoms with E-state index in [4.69, 9.17) is 4.74 Å². The molecule has 0 heterocycles. The Bertz CT molecular complexity index is 794. The van der Waals surface area contributed by atoms with Gasteiger partial charge in [-0.25, -0.2) is 0 Å². The summed E-state index contributed by atoms with van der Waals surface area (Å²) in [6.45, 7) is 1.80. The first-order valence-corrected chi connectivity index (χ1v) is 9.35. The van der Waals surface area contributed by atoms with Crippen molar-refractivity contribution in [2.24, 2.45) is 0 Å². The van der Waals surface area contributed by atoms with Gasteiger partial charge in [-0.3, -0.25) is 4.90 Å². The van der Waals surface area contributed by atoms with Crippen LogP contribution in [0.5, 0.6) is 5.75 Å². The minimum atomic E-state index is -0.409. The van der Waals surface area contributed by atoms with Crippen LogP contribution in [0.15, 0.2) is 84.9 Å². The van der Waals surface area contributed by atoms with Gasteiger partial charge in [0.25, 0.3) is 0 Å².